The Balaban J connectivity index is 2.36. The molecule has 7 heteroatoms. The van der Waals surface area contributed by atoms with Gasteiger partial charge in [0.1, 0.15) is 5.82 Å². The summed E-state index contributed by atoms with van der Waals surface area (Å²) in [6.45, 7) is 2.37. The van der Waals surface area contributed by atoms with E-state index in [9.17, 15) is 14.0 Å². The fourth-order valence-corrected chi connectivity index (χ4v) is 1.94. The van der Waals surface area contributed by atoms with Gasteiger partial charge < -0.3 is 15.7 Å². The monoisotopic (exact) mass is 316 g/mol. The highest BCUT2D eigenvalue weighted by Crippen LogP contribution is 2.15. The number of benzene rings is 1. The Morgan fingerprint density at radius 2 is 2.10 bits per heavy atom. The SMILES string of the molecule is CCC(CNC(=O)NCc1ccc(F)c(Cl)c1)CC(=O)O. The highest BCUT2D eigenvalue weighted by atomic mass is 35.5. The van der Waals surface area contributed by atoms with Crippen LogP contribution in [0.25, 0.3) is 0 Å². The van der Waals surface area contributed by atoms with Gasteiger partial charge in [-0.1, -0.05) is 31.0 Å². The molecule has 116 valence electrons. The topological polar surface area (TPSA) is 78.4 Å². The zero-order chi connectivity index (χ0) is 15.8. The van der Waals surface area contributed by atoms with Crippen molar-refractivity contribution in [2.24, 2.45) is 5.92 Å². The van der Waals surface area contributed by atoms with Crippen LogP contribution in [0.3, 0.4) is 0 Å². The minimum absolute atomic E-state index is 0.00205. The molecule has 0 radical (unpaired) electrons. The minimum atomic E-state index is -0.884. The standard InChI is InChI=1S/C14H18ClFN2O3/c1-2-9(6-13(19)20)7-17-14(21)18-8-10-3-4-12(16)11(15)5-10/h3-5,9H,2,6-8H2,1H3,(H,19,20)(H2,17,18,21). The van der Waals surface area contributed by atoms with Crippen LogP contribution in [0.1, 0.15) is 25.3 Å². The fourth-order valence-electron chi connectivity index (χ4n) is 1.74. The largest absolute Gasteiger partial charge is 0.481 e. The number of rotatable bonds is 7. The van der Waals surface area contributed by atoms with E-state index in [0.717, 1.165) is 0 Å². The first-order valence-corrected chi connectivity index (χ1v) is 6.97. The molecule has 0 aliphatic rings. The van der Waals surface area contributed by atoms with Gasteiger partial charge in [-0.25, -0.2) is 9.18 Å². The van der Waals surface area contributed by atoms with E-state index in [0.29, 0.717) is 18.5 Å². The lowest BCUT2D eigenvalue weighted by Gasteiger charge is -2.14. The smallest absolute Gasteiger partial charge is 0.315 e. The van der Waals surface area contributed by atoms with Gasteiger partial charge in [0.25, 0.3) is 0 Å². The van der Waals surface area contributed by atoms with E-state index >= 15 is 0 Å². The number of nitrogens with one attached hydrogen (secondary N) is 2. The van der Waals surface area contributed by atoms with Crippen LogP contribution in [0.15, 0.2) is 18.2 Å². The Hall–Kier alpha value is -1.82. The number of hydrogen-bond acceptors (Lipinski definition) is 2. The maximum atomic E-state index is 13.0. The summed E-state index contributed by atoms with van der Waals surface area (Å²) in [6.07, 6.45) is 0.685. The third kappa shape index (κ3) is 6.44. The molecule has 0 aliphatic carbocycles. The summed E-state index contributed by atoms with van der Waals surface area (Å²) >= 11 is 5.64. The Labute approximate surface area is 127 Å². The summed E-state index contributed by atoms with van der Waals surface area (Å²) in [5.74, 6) is -1.50. The number of halogens is 2. The average molecular weight is 317 g/mol. The van der Waals surface area contributed by atoms with Crippen LogP contribution < -0.4 is 10.6 Å². The van der Waals surface area contributed by atoms with Crippen LogP contribution in [0.2, 0.25) is 5.02 Å². The summed E-state index contributed by atoms with van der Waals surface area (Å²) < 4.78 is 13.0. The average Bonchev–Trinajstić information content (AvgIpc) is 2.44. The molecule has 1 aromatic rings. The molecule has 0 fully saturated rings. The Bertz CT molecular complexity index is 511. The van der Waals surface area contributed by atoms with Crippen molar-refractivity contribution in [3.8, 4) is 0 Å². The van der Waals surface area contributed by atoms with E-state index in [1.54, 1.807) is 0 Å². The van der Waals surface area contributed by atoms with Gasteiger partial charge in [-0.15, -0.1) is 0 Å². The first kappa shape index (κ1) is 17.2. The van der Waals surface area contributed by atoms with Crippen LogP contribution in [-0.2, 0) is 11.3 Å². The second-order valence-electron chi connectivity index (χ2n) is 4.68. The fraction of sp³-hybridized carbons (Fsp3) is 0.429. The maximum Gasteiger partial charge on any atom is 0.315 e. The van der Waals surface area contributed by atoms with Gasteiger partial charge >= 0.3 is 12.0 Å². The molecule has 1 aromatic carbocycles. The molecular weight excluding hydrogens is 299 g/mol. The van der Waals surface area contributed by atoms with Gasteiger partial charge in [0.05, 0.1) is 5.02 Å². The van der Waals surface area contributed by atoms with Crippen molar-refractivity contribution in [3.05, 3.63) is 34.6 Å². The molecular formula is C14H18ClFN2O3. The molecule has 0 heterocycles. The number of amides is 2. The van der Waals surface area contributed by atoms with Crippen LogP contribution in [0, 0.1) is 11.7 Å². The van der Waals surface area contributed by atoms with Crippen LogP contribution >= 0.6 is 11.6 Å². The molecule has 21 heavy (non-hydrogen) atoms. The van der Waals surface area contributed by atoms with Gasteiger partial charge in [0.2, 0.25) is 0 Å². The van der Waals surface area contributed by atoms with Crippen molar-refractivity contribution >= 4 is 23.6 Å². The Morgan fingerprint density at radius 1 is 1.38 bits per heavy atom. The van der Waals surface area contributed by atoms with E-state index in [2.05, 4.69) is 10.6 Å². The van der Waals surface area contributed by atoms with Crippen molar-refractivity contribution < 1.29 is 19.1 Å². The van der Waals surface area contributed by atoms with Crippen LogP contribution in [-0.4, -0.2) is 23.7 Å². The molecule has 1 atom stereocenters. The molecule has 3 N–H and O–H groups in total. The lowest BCUT2D eigenvalue weighted by atomic mass is 10.0. The van der Waals surface area contributed by atoms with E-state index in [1.807, 2.05) is 6.92 Å². The van der Waals surface area contributed by atoms with Crippen molar-refractivity contribution in [1.29, 1.82) is 0 Å². The number of urea groups is 1. The number of aliphatic carboxylic acids is 1. The number of carboxylic acid groups (broad SMARTS) is 1. The van der Waals surface area contributed by atoms with Crippen molar-refractivity contribution in [1.82, 2.24) is 10.6 Å². The van der Waals surface area contributed by atoms with Crippen molar-refractivity contribution in [2.45, 2.75) is 26.3 Å². The molecule has 0 bridgehead atoms. The van der Waals surface area contributed by atoms with Crippen LogP contribution in [0.4, 0.5) is 9.18 Å². The second kappa shape index (κ2) is 8.46. The van der Waals surface area contributed by atoms with Crippen molar-refractivity contribution in [3.63, 3.8) is 0 Å². The normalized spacial score (nSPS) is 11.8. The van der Waals surface area contributed by atoms with Crippen LogP contribution in [0.5, 0.6) is 0 Å². The maximum absolute atomic E-state index is 13.0. The lowest BCUT2D eigenvalue weighted by molar-refractivity contribution is -0.138. The molecule has 0 saturated heterocycles. The predicted molar refractivity (Wildman–Crippen MR) is 77.7 cm³/mol. The molecule has 1 unspecified atom stereocenters. The van der Waals surface area contributed by atoms with Gasteiger partial charge in [-0.3, -0.25) is 4.79 Å². The van der Waals surface area contributed by atoms with Gasteiger partial charge in [-0.05, 0) is 23.6 Å². The zero-order valence-electron chi connectivity index (χ0n) is 11.7. The molecule has 0 aromatic heterocycles. The molecule has 1 rings (SSSR count). The minimum Gasteiger partial charge on any atom is -0.481 e. The van der Waals surface area contributed by atoms with E-state index in [4.69, 9.17) is 16.7 Å². The molecule has 2 amide bonds. The Morgan fingerprint density at radius 3 is 2.67 bits per heavy atom. The zero-order valence-corrected chi connectivity index (χ0v) is 12.4. The summed E-state index contributed by atoms with van der Waals surface area (Å²) in [7, 11) is 0. The number of carboxylic acids is 1. The highest BCUT2D eigenvalue weighted by Gasteiger charge is 2.12. The summed E-state index contributed by atoms with van der Waals surface area (Å²) in [4.78, 5) is 22.2. The molecule has 5 nitrogen and oxygen atoms in total. The molecule has 0 saturated carbocycles. The second-order valence-corrected chi connectivity index (χ2v) is 5.09. The third-order valence-electron chi connectivity index (χ3n) is 3.03. The number of carbonyl (C=O) groups is 2. The predicted octanol–water partition coefficient (Wildman–Crippen LogP) is 2.78. The van der Waals surface area contributed by atoms with Gasteiger partial charge in [0.15, 0.2) is 0 Å². The van der Waals surface area contributed by atoms with E-state index in [-0.39, 0.29) is 23.9 Å². The van der Waals surface area contributed by atoms with Gasteiger partial charge in [-0.2, -0.15) is 0 Å². The number of carbonyl (C=O) groups excluding carboxylic acids is 1. The summed E-state index contributed by atoms with van der Waals surface area (Å²) in [6, 6.07) is 3.80. The van der Waals surface area contributed by atoms with Gasteiger partial charge in [0, 0.05) is 19.5 Å². The van der Waals surface area contributed by atoms with Crippen molar-refractivity contribution in [2.75, 3.05) is 6.54 Å². The lowest BCUT2D eigenvalue weighted by Crippen LogP contribution is -2.38. The quantitative estimate of drug-likeness (QED) is 0.723. The summed E-state index contributed by atoms with van der Waals surface area (Å²) in [5.41, 5.74) is 0.675. The molecule has 0 spiro atoms. The van der Waals surface area contributed by atoms with E-state index in [1.165, 1.54) is 18.2 Å². The first-order valence-electron chi connectivity index (χ1n) is 6.59. The number of hydrogen-bond donors (Lipinski definition) is 3. The summed E-state index contributed by atoms with van der Waals surface area (Å²) in [5, 5.41) is 13.9. The Kier molecular flexibility index (Phi) is 6.94. The first-order chi connectivity index (χ1) is 9.92. The highest BCUT2D eigenvalue weighted by molar-refractivity contribution is 6.30. The third-order valence-corrected chi connectivity index (χ3v) is 3.32. The molecule has 0 aliphatic heterocycles. The van der Waals surface area contributed by atoms with E-state index < -0.39 is 17.8 Å².